The molecule has 0 N–H and O–H groups in total. The highest BCUT2D eigenvalue weighted by molar-refractivity contribution is 6.35. The number of nitrogens with zero attached hydrogens (tertiary/aromatic N) is 2. The standard InChI is InChI=1S/C25H22Cl2N2O/c1-15(2)16-8-10-18(11-9-16)25-29-23(14-22(28-29)17-6-4-3-5-7-17)20-12-19(26)13-21(27)24(20)30-25/h3-13,15,23,25H,14H2,1-2H3/t23-,25-/m0/s1. The normalized spacial score (nSPS) is 19.9. The monoisotopic (exact) mass is 436 g/mol. The van der Waals surface area contributed by atoms with E-state index in [1.807, 2.05) is 24.3 Å². The Hall–Kier alpha value is -2.49. The van der Waals surface area contributed by atoms with Crippen molar-refractivity contribution in [2.75, 3.05) is 0 Å². The van der Waals surface area contributed by atoms with Crippen LogP contribution in [-0.2, 0) is 0 Å². The first-order valence-corrected chi connectivity index (χ1v) is 10.9. The van der Waals surface area contributed by atoms with Crippen LogP contribution in [0.25, 0.3) is 0 Å². The van der Waals surface area contributed by atoms with Crippen molar-refractivity contribution in [1.29, 1.82) is 0 Å². The van der Waals surface area contributed by atoms with E-state index in [2.05, 4.69) is 55.3 Å². The Kier molecular flexibility index (Phi) is 4.96. The van der Waals surface area contributed by atoms with Crippen LogP contribution in [0.1, 0.15) is 60.7 Å². The Labute approximate surface area is 186 Å². The molecule has 0 fully saturated rings. The van der Waals surface area contributed by atoms with Crippen LogP contribution in [0.5, 0.6) is 5.75 Å². The fraction of sp³-hybridized carbons (Fsp3) is 0.240. The molecule has 3 aromatic carbocycles. The van der Waals surface area contributed by atoms with E-state index in [0.29, 0.717) is 21.7 Å². The van der Waals surface area contributed by atoms with Gasteiger partial charge in [-0.3, -0.25) is 0 Å². The van der Waals surface area contributed by atoms with Gasteiger partial charge in [0.1, 0.15) is 5.75 Å². The first-order valence-electron chi connectivity index (χ1n) is 10.2. The van der Waals surface area contributed by atoms with E-state index in [9.17, 15) is 0 Å². The second kappa shape index (κ2) is 7.64. The number of hydrogen-bond donors (Lipinski definition) is 0. The molecular weight excluding hydrogens is 415 g/mol. The molecule has 0 aliphatic carbocycles. The smallest absolute Gasteiger partial charge is 0.213 e. The maximum absolute atomic E-state index is 6.55. The molecule has 152 valence electrons. The lowest BCUT2D eigenvalue weighted by atomic mass is 9.95. The van der Waals surface area contributed by atoms with Gasteiger partial charge in [-0.25, -0.2) is 5.01 Å². The van der Waals surface area contributed by atoms with Gasteiger partial charge >= 0.3 is 0 Å². The molecule has 0 amide bonds. The number of fused-ring (bicyclic) bond motifs is 3. The van der Waals surface area contributed by atoms with E-state index in [4.69, 9.17) is 33.0 Å². The van der Waals surface area contributed by atoms with Crippen LogP contribution in [0.3, 0.4) is 0 Å². The van der Waals surface area contributed by atoms with Crippen molar-refractivity contribution in [2.45, 2.75) is 38.5 Å². The summed E-state index contributed by atoms with van der Waals surface area (Å²) >= 11 is 12.9. The van der Waals surface area contributed by atoms with E-state index in [0.717, 1.165) is 28.8 Å². The first kappa shape index (κ1) is 19.5. The van der Waals surface area contributed by atoms with Crippen LogP contribution in [-0.4, -0.2) is 10.7 Å². The number of rotatable bonds is 3. The fourth-order valence-corrected chi connectivity index (χ4v) is 4.74. The van der Waals surface area contributed by atoms with Gasteiger partial charge in [-0.1, -0.05) is 91.6 Å². The van der Waals surface area contributed by atoms with Crippen LogP contribution < -0.4 is 4.74 Å². The lowest BCUT2D eigenvalue weighted by Crippen LogP contribution is -2.33. The molecular formula is C25H22Cl2N2O. The molecule has 5 rings (SSSR count). The Morgan fingerprint density at radius 3 is 2.43 bits per heavy atom. The number of benzene rings is 3. The minimum atomic E-state index is -0.344. The van der Waals surface area contributed by atoms with Crippen LogP contribution in [0.2, 0.25) is 10.0 Å². The summed E-state index contributed by atoms with van der Waals surface area (Å²) in [5.74, 6) is 1.18. The quantitative estimate of drug-likeness (QED) is 0.428. The minimum Gasteiger partial charge on any atom is -0.463 e. The maximum atomic E-state index is 6.55. The molecule has 0 saturated carbocycles. The van der Waals surface area contributed by atoms with Gasteiger partial charge < -0.3 is 4.74 Å². The van der Waals surface area contributed by atoms with Gasteiger partial charge in [-0.05, 0) is 29.2 Å². The molecule has 2 atom stereocenters. The fourth-order valence-electron chi connectivity index (χ4n) is 4.19. The average molecular weight is 437 g/mol. The van der Waals surface area contributed by atoms with Crippen molar-refractivity contribution in [1.82, 2.24) is 5.01 Å². The third-order valence-corrected chi connectivity index (χ3v) is 6.30. The zero-order valence-electron chi connectivity index (χ0n) is 16.8. The average Bonchev–Trinajstić information content (AvgIpc) is 3.20. The Morgan fingerprint density at radius 2 is 1.73 bits per heavy atom. The van der Waals surface area contributed by atoms with Crippen molar-refractivity contribution in [3.63, 3.8) is 0 Å². The number of halogens is 2. The SMILES string of the molecule is CC(C)c1ccc([C@@H]2Oc3c(Cl)cc(Cl)cc3[C@@H]3CC(c4ccccc4)=NN32)cc1. The molecule has 0 unspecified atom stereocenters. The summed E-state index contributed by atoms with van der Waals surface area (Å²) < 4.78 is 6.43. The summed E-state index contributed by atoms with van der Waals surface area (Å²) in [4.78, 5) is 0. The summed E-state index contributed by atoms with van der Waals surface area (Å²) in [5.41, 5.74) is 5.50. The molecule has 2 aliphatic rings. The van der Waals surface area contributed by atoms with Crippen LogP contribution >= 0.6 is 23.2 Å². The Morgan fingerprint density at radius 1 is 1.00 bits per heavy atom. The summed E-state index contributed by atoms with van der Waals surface area (Å²) in [7, 11) is 0. The topological polar surface area (TPSA) is 24.8 Å². The molecule has 30 heavy (non-hydrogen) atoms. The predicted molar refractivity (Wildman–Crippen MR) is 123 cm³/mol. The molecule has 0 aromatic heterocycles. The summed E-state index contributed by atoms with van der Waals surface area (Å²) in [5, 5.41) is 8.19. The summed E-state index contributed by atoms with van der Waals surface area (Å²) in [6, 6.07) is 22.6. The highest BCUT2D eigenvalue weighted by atomic mass is 35.5. The van der Waals surface area contributed by atoms with Crippen LogP contribution in [0, 0.1) is 0 Å². The highest BCUT2D eigenvalue weighted by Crippen LogP contribution is 2.50. The van der Waals surface area contributed by atoms with Gasteiger partial charge in [0.25, 0.3) is 0 Å². The third kappa shape index (κ3) is 3.36. The van der Waals surface area contributed by atoms with Crippen molar-refractivity contribution >= 4 is 28.9 Å². The highest BCUT2D eigenvalue weighted by Gasteiger charge is 2.42. The molecule has 5 heteroatoms. The maximum Gasteiger partial charge on any atom is 0.213 e. The molecule has 0 radical (unpaired) electrons. The molecule has 0 spiro atoms. The van der Waals surface area contributed by atoms with Gasteiger partial charge in [0.15, 0.2) is 0 Å². The van der Waals surface area contributed by atoms with E-state index < -0.39 is 0 Å². The van der Waals surface area contributed by atoms with E-state index in [-0.39, 0.29) is 12.3 Å². The van der Waals surface area contributed by atoms with Crippen molar-refractivity contribution in [2.24, 2.45) is 5.10 Å². The zero-order valence-corrected chi connectivity index (χ0v) is 18.4. The lowest BCUT2D eigenvalue weighted by Gasteiger charge is -2.38. The summed E-state index contributed by atoms with van der Waals surface area (Å²) in [6.07, 6.45) is 0.432. The molecule has 0 saturated heterocycles. The van der Waals surface area contributed by atoms with E-state index in [1.54, 1.807) is 6.07 Å². The second-order valence-electron chi connectivity index (χ2n) is 8.11. The van der Waals surface area contributed by atoms with Gasteiger partial charge in [0.05, 0.1) is 16.8 Å². The molecule has 2 heterocycles. The van der Waals surface area contributed by atoms with Crippen molar-refractivity contribution in [3.8, 4) is 5.75 Å². The molecule has 2 aliphatic heterocycles. The number of ether oxygens (including phenoxy) is 1. The second-order valence-corrected chi connectivity index (χ2v) is 8.95. The van der Waals surface area contributed by atoms with Crippen molar-refractivity contribution in [3.05, 3.63) is 99.0 Å². The molecule has 3 nitrogen and oxygen atoms in total. The molecule has 3 aromatic rings. The Bertz CT molecular complexity index is 1110. The van der Waals surface area contributed by atoms with Crippen molar-refractivity contribution < 1.29 is 4.74 Å². The van der Waals surface area contributed by atoms with Gasteiger partial charge in [-0.15, -0.1) is 0 Å². The first-order chi connectivity index (χ1) is 14.5. The van der Waals surface area contributed by atoms with Crippen LogP contribution in [0.15, 0.2) is 71.8 Å². The van der Waals surface area contributed by atoms with E-state index in [1.165, 1.54) is 5.56 Å². The zero-order chi connectivity index (χ0) is 20.8. The summed E-state index contributed by atoms with van der Waals surface area (Å²) in [6.45, 7) is 4.39. The third-order valence-electron chi connectivity index (χ3n) is 5.80. The van der Waals surface area contributed by atoms with E-state index >= 15 is 0 Å². The number of hydrazone groups is 1. The predicted octanol–water partition coefficient (Wildman–Crippen LogP) is 7.36. The van der Waals surface area contributed by atoms with Crippen LogP contribution in [0.4, 0.5) is 0 Å². The Balaban J connectivity index is 1.60. The minimum absolute atomic E-state index is 0.0231. The van der Waals surface area contributed by atoms with Gasteiger partial charge in [0.2, 0.25) is 6.23 Å². The largest absolute Gasteiger partial charge is 0.463 e. The number of hydrogen-bond acceptors (Lipinski definition) is 3. The van der Waals surface area contributed by atoms with Gasteiger partial charge in [0, 0.05) is 22.6 Å². The molecule has 0 bridgehead atoms. The van der Waals surface area contributed by atoms with Gasteiger partial charge in [-0.2, -0.15) is 5.10 Å². The lowest BCUT2D eigenvalue weighted by molar-refractivity contribution is -0.0189.